The van der Waals surface area contributed by atoms with Gasteiger partial charge in [-0.2, -0.15) is 12.6 Å². The van der Waals surface area contributed by atoms with Crippen LogP contribution in [0.25, 0.3) is 0 Å². The number of phenolic OH excluding ortho intramolecular Hbond substituents is 1. The van der Waals surface area contributed by atoms with E-state index in [1.165, 1.54) is 12.1 Å². The van der Waals surface area contributed by atoms with Crippen molar-refractivity contribution in [1.82, 2.24) is 16.0 Å². The molecule has 9 N–H and O–H groups in total. The van der Waals surface area contributed by atoms with Crippen LogP contribution in [-0.2, 0) is 30.4 Å². The van der Waals surface area contributed by atoms with Gasteiger partial charge in [0.15, 0.2) is 0 Å². The number of nitrogens with one attached hydrogen (secondary N) is 3. The van der Waals surface area contributed by atoms with Crippen LogP contribution in [0.3, 0.4) is 0 Å². The lowest BCUT2D eigenvalue weighted by molar-refractivity contribution is -0.142. The molecule has 1 aromatic rings. The van der Waals surface area contributed by atoms with Crippen molar-refractivity contribution in [3.63, 3.8) is 0 Å². The second-order valence-corrected chi connectivity index (χ2v) is 8.86. The summed E-state index contributed by atoms with van der Waals surface area (Å²) in [5.74, 6) is -4.49. The Hall–Kier alpha value is -3.32. The molecule has 0 aliphatic heterocycles. The molecule has 12 nitrogen and oxygen atoms in total. The molecule has 200 valence electrons. The number of phenols is 1. The second kappa shape index (κ2) is 14.9. The minimum atomic E-state index is -1.40. The van der Waals surface area contributed by atoms with Gasteiger partial charge in [-0.25, -0.2) is 4.79 Å². The Bertz CT molecular complexity index is 928. The fourth-order valence-electron chi connectivity index (χ4n) is 3.14. The fourth-order valence-corrected chi connectivity index (χ4v) is 3.40. The van der Waals surface area contributed by atoms with Crippen molar-refractivity contribution in [2.45, 2.75) is 63.7 Å². The number of amides is 4. The highest BCUT2D eigenvalue weighted by Gasteiger charge is 2.30. The SMILES string of the molecule is CCC(C)C(N)C(=O)NC(Cc1ccc(O)cc1)C(=O)NC(CS)C(=O)NC(CCC(N)=O)C(=O)O. The van der Waals surface area contributed by atoms with E-state index in [4.69, 9.17) is 11.5 Å². The summed E-state index contributed by atoms with van der Waals surface area (Å²) >= 11 is 4.08. The standard InChI is InChI=1S/C23H35N5O7S/c1-3-12(2)19(25)22(33)27-16(10-13-4-6-14(29)7-5-13)20(31)28-17(11-36)21(32)26-15(23(34)35)8-9-18(24)30/h4-7,12,15-17,19,29,36H,3,8-11,25H2,1-2H3,(H2,24,30)(H,26,32)(H,27,33)(H,28,31)(H,34,35). The lowest BCUT2D eigenvalue weighted by atomic mass is 9.98. The zero-order chi connectivity index (χ0) is 27.4. The molecule has 0 bridgehead atoms. The third kappa shape index (κ3) is 10.1. The van der Waals surface area contributed by atoms with Crippen molar-refractivity contribution in [3.05, 3.63) is 29.8 Å². The number of aliphatic carboxylic acids is 1. The van der Waals surface area contributed by atoms with E-state index >= 15 is 0 Å². The Kier molecular flexibility index (Phi) is 12.7. The predicted molar refractivity (Wildman–Crippen MR) is 135 cm³/mol. The van der Waals surface area contributed by atoms with Crippen LogP contribution in [0.15, 0.2) is 24.3 Å². The maximum absolute atomic E-state index is 13.1. The Morgan fingerprint density at radius 3 is 1.97 bits per heavy atom. The van der Waals surface area contributed by atoms with E-state index < -0.39 is 53.8 Å². The smallest absolute Gasteiger partial charge is 0.326 e. The van der Waals surface area contributed by atoms with Crippen LogP contribution in [0.2, 0.25) is 0 Å². The average molecular weight is 526 g/mol. The highest BCUT2D eigenvalue weighted by Crippen LogP contribution is 2.13. The maximum atomic E-state index is 13.1. The number of thiol groups is 1. The molecular weight excluding hydrogens is 490 g/mol. The highest BCUT2D eigenvalue weighted by atomic mass is 32.1. The van der Waals surface area contributed by atoms with Gasteiger partial charge in [-0.1, -0.05) is 32.4 Å². The minimum Gasteiger partial charge on any atom is -0.508 e. The number of hydrogen-bond donors (Lipinski definition) is 8. The summed E-state index contributed by atoms with van der Waals surface area (Å²) in [7, 11) is 0. The van der Waals surface area contributed by atoms with Gasteiger partial charge in [0.05, 0.1) is 6.04 Å². The molecule has 0 heterocycles. The van der Waals surface area contributed by atoms with Crippen molar-refractivity contribution < 1.29 is 34.2 Å². The van der Waals surface area contributed by atoms with Crippen molar-refractivity contribution in [3.8, 4) is 5.75 Å². The zero-order valence-corrected chi connectivity index (χ0v) is 21.2. The maximum Gasteiger partial charge on any atom is 0.326 e. The van der Waals surface area contributed by atoms with Gasteiger partial charge in [0.2, 0.25) is 23.6 Å². The molecule has 13 heteroatoms. The molecule has 4 amide bonds. The van der Waals surface area contributed by atoms with Gasteiger partial charge in [-0.05, 0) is 30.0 Å². The Morgan fingerprint density at radius 1 is 0.944 bits per heavy atom. The number of carboxylic acid groups (broad SMARTS) is 1. The first-order valence-corrected chi connectivity index (χ1v) is 12.1. The summed E-state index contributed by atoms with van der Waals surface area (Å²) in [5, 5.41) is 26.2. The van der Waals surface area contributed by atoms with E-state index in [1.807, 2.05) is 6.92 Å². The number of aromatic hydroxyl groups is 1. The molecular formula is C23H35N5O7S. The summed E-state index contributed by atoms with van der Waals surface area (Å²) in [5.41, 5.74) is 11.7. The van der Waals surface area contributed by atoms with Gasteiger partial charge in [-0.3, -0.25) is 19.2 Å². The summed E-state index contributed by atoms with van der Waals surface area (Å²) < 4.78 is 0. The van der Waals surface area contributed by atoms with E-state index in [1.54, 1.807) is 19.1 Å². The quantitative estimate of drug-likeness (QED) is 0.133. The van der Waals surface area contributed by atoms with Crippen LogP contribution in [0.1, 0.15) is 38.7 Å². The second-order valence-electron chi connectivity index (χ2n) is 8.49. The number of carbonyl (C=O) groups is 5. The summed E-state index contributed by atoms with van der Waals surface area (Å²) in [6.45, 7) is 3.68. The number of carbonyl (C=O) groups excluding carboxylic acids is 4. The molecule has 0 saturated heterocycles. The molecule has 0 fully saturated rings. The molecule has 0 saturated carbocycles. The summed E-state index contributed by atoms with van der Waals surface area (Å²) in [6.07, 6.45) is 0.192. The molecule has 5 unspecified atom stereocenters. The molecule has 0 radical (unpaired) electrons. The molecule has 0 aliphatic carbocycles. The van der Waals surface area contributed by atoms with E-state index in [2.05, 4.69) is 28.6 Å². The molecule has 0 spiro atoms. The Balaban J connectivity index is 3.02. The number of benzene rings is 1. The van der Waals surface area contributed by atoms with E-state index in [9.17, 15) is 34.2 Å². The molecule has 1 rings (SSSR count). The van der Waals surface area contributed by atoms with Crippen LogP contribution in [0.5, 0.6) is 5.75 Å². The number of carboxylic acids is 1. The fraction of sp³-hybridized carbons (Fsp3) is 0.522. The molecule has 0 aromatic heterocycles. The number of primary amides is 1. The van der Waals surface area contributed by atoms with Gasteiger partial charge in [0, 0.05) is 18.6 Å². The number of rotatable bonds is 15. The van der Waals surface area contributed by atoms with Crippen LogP contribution >= 0.6 is 12.6 Å². The van der Waals surface area contributed by atoms with Crippen molar-refractivity contribution >= 4 is 42.2 Å². The Morgan fingerprint density at radius 2 is 1.47 bits per heavy atom. The topological polar surface area (TPSA) is 214 Å². The molecule has 1 aromatic carbocycles. The van der Waals surface area contributed by atoms with Gasteiger partial charge >= 0.3 is 5.97 Å². The Labute approximate surface area is 215 Å². The van der Waals surface area contributed by atoms with Crippen molar-refractivity contribution in [1.29, 1.82) is 0 Å². The van der Waals surface area contributed by atoms with Gasteiger partial charge in [-0.15, -0.1) is 0 Å². The average Bonchev–Trinajstić information content (AvgIpc) is 2.84. The molecule has 0 aliphatic rings. The first-order chi connectivity index (χ1) is 16.9. The molecule has 5 atom stereocenters. The third-order valence-electron chi connectivity index (χ3n) is 5.68. The van der Waals surface area contributed by atoms with Crippen LogP contribution in [0.4, 0.5) is 0 Å². The largest absolute Gasteiger partial charge is 0.508 e. The van der Waals surface area contributed by atoms with Gasteiger partial charge in [0.25, 0.3) is 0 Å². The molecule has 36 heavy (non-hydrogen) atoms. The predicted octanol–water partition coefficient (Wildman–Crippen LogP) is -0.958. The number of nitrogens with two attached hydrogens (primary N) is 2. The first kappa shape index (κ1) is 30.7. The number of hydrogen-bond acceptors (Lipinski definition) is 8. The van der Waals surface area contributed by atoms with E-state index in [0.29, 0.717) is 12.0 Å². The highest BCUT2D eigenvalue weighted by molar-refractivity contribution is 7.80. The first-order valence-electron chi connectivity index (χ1n) is 11.5. The van der Waals surface area contributed by atoms with Crippen LogP contribution in [-0.4, -0.2) is 69.7 Å². The van der Waals surface area contributed by atoms with Crippen molar-refractivity contribution in [2.24, 2.45) is 17.4 Å². The van der Waals surface area contributed by atoms with Gasteiger partial charge in [0.1, 0.15) is 23.9 Å². The summed E-state index contributed by atoms with van der Waals surface area (Å²) in [6, 6.07) is 1.39. The van der Waals surface area contributed by atoms with Crippen molar-refractivity contribution in [2.75, 3.05) is 5.75 Å². The lowest BCUT2D eigenvalue weighted by Crippen LogP contribution is -2.58. The van der Waals surface area contributed by atoms with Gasteiger partial charge < -0.3 is 37.6 Å². The normalized spacial score (nSPS) is 15.0. The summed E-state index contributed by atoms with van der Waals surface area (Å²) in [4.78, 5) is 60.9. The lowest BCUT2D eigenvalue weighted by Gasteiger charge is -2.25. The monoisotopic (exact) mass is 525 g/mol. The van der Waals surface area contributed by atoms with Crippen LogP contribution < -0.4 is 27.4 Å². The van der Waals surface area contributed by atoms with E-state index in [0.717, 1.165) is 0 Å². The minimum absolute atomic E-state index is 0.0266. The van der Waals surface area contributed by atoms with Crippen LogP contribution in [0, 0.1) is 5.92 Å². The third-order valence-corrected chi connectivity index (χ3v) is 6.04. The van der Waals surface area contributed by atoms with E-state index in [-0.39, 0.29) is 36.7 Å². The zero-order valence-electron chi connectivity index (χ0n) is 20.3.